The van der Waals surface area contributed by atoms with Crippen molar-refractivity contribution in [2.45, 2.75) is 26.3 Å². The zero-order valence-electron chi connectivity index (χ0n) is 19.6. The number of morpholine rings is 1. The molecule has 0 atom stereocenters. The van der Waals surface area contributed by atoms with Gasteiger partial charge < -0.3 is 19.5 Å². The van der Waals surface area contributed by atoms with Gasteiger partial charge in [0, 0.05) is 36.9 Å². The van der Waals surface area contributed by atoms with Crippen LogP contribution in [-0.4, -0.2) is 75.7 Å². The zero-order valence-corrected chi connectivity index (χ0v) is 19.6. The summed E-state index contributed by atoms with van der Waals surface area (Å²) in [5.41, 5.74) is 2.59. The number of ether oxygens (including phenoxy) is 3. The summed E-state index contributed by atoms with van der Waals surface area (Å²) in [5.74, 6) is 1.62. The van der Waals surface area contributed by atoms with E-state index in [1.165, 1.54) is 0 Å². The number of benzene rings is 1. The summed E-state index contributed by atoms with van der Waals surface area (Å²) < 4.78 is 17.9. The van der Waals surface area contributed by atoms with E-state index in [4.69, 9.17) is 14.2 Å². The fourth-order valence-corrected chi connectivity index (χ4v) is 4.17. The molecule has 0 saturated carbocycles. The minimum Gasteiger partial charge on any atom is -0.454 e. The molecule has 3 aromatic rings. The van der Waals surface area contributed by atoms with Gasteiger partial charge in [-0.2, -0.15) is 5.10 Å². The van der Waals surface area contributed by atoms with Gasteiger partial charge in [-0.15, -0.1) is 0 Å². The van der Waals surface area contributed by atoms with E-state index >= 15 is 0 Å². The van der Waals surface area contributed by atoms with E-state index in [9.17, 15) is 4.79 Å². The molecule has 34 heavy (non-hydrogen) atoms. The Morgan fingerprint density at radius 3 is 2.76 bits per heavy atom. The van der Waals surface area contributed by atoms with E-state index in [1.807, 2.05) is 31.2 Å². The van der Waals surface area contributed by atoms with Crippen LogP contribution in [0.5, 0.6) is 11.5 Å². The summed E-state index contributed by atoms with van der Waals surface area (Å²) in [4.78, 5) is 24.3. The van der Waals surface area contributed by atoms with Crippen molar-refractivity contribution in [2.24, 2.45) is 0 Å². The van der Waals surface area contributed by atoms with Crippen molar-refractivity contribution >= 4 is 5.91 Å². The van der Waals surface area contributed by atoms with Crippen molar-refractivity contribution < 1.29 is 19.0 Å². The number of nitrogens with one attached hydrogen (secondary N) is 1. The van der Waals surface area contributed by atoms with Gasteiger partial charge in [0.05, 0.1) is 36.4 Å². The highest BCUT2D eigenvalue weighted by molar-refractivity contribution is 5.95. The lowest BCUT2D eigenvalue weighted by atomic mass is 10.0. The van der Waals surface area contributed by atoms with Crippen LogP contribution in [0.2, 0.25) is 0 Å². The molecule has 0 radical (unpaired) electrons. The highest BCUT2D eigenvalue weighted by Gasteiger charge is 2.29. The second-order valence-corrected chi connectivity index (χ2v) is 8.96. The van der Waals surface area contributed by atoms with Gasteiger partial charge in [0.25, 0.3) is 11.9 Å². The smallest absolute Gasteiger partial charge is 0.254 e. The maximum atomic E-state index is 13.0. The largest absolute Gasteiger partial charge is 0.454 e. The van der Waals surface area contributed by atoms with Crippen LogP contribution in [0, 0.1) is 6.92 Å². The van der Waals surface area contributed by atoms with Crippen LogP contribution in [0.15, 0.2) is 36.7 Å². The van der Waals surface area contributed by atoms with Gasteiger partial charge in [0.1, 0.15) is 0 Å². The molecule has 5 rings (SSSR count). The van der Waals surface area contributed by atoms with E-state index in [1.54, 1.807) is 17.1 Å². The summed E-state index contributed by atoms with van der Waals surface area (Å²) >= 11 is 0. The van der Waals surface area contributed by atoms with E-state index in [2.05, 4.69) is 39.1 Å². The molecule has 2 aliphatic heterocycles. The molecule has 0 aliphatic carbocycles. The van der Waals surface area contributed by atoms with Crippen molar-refractivity contribution in [1.82, 2.24) is 30.0 Å². The highest BCUT2D eigenvalue weighted by atomic mass is 16.7. The maximum absolute atomic E-state index is 13.0. The molecule has 1 aromatic carbocycles. The Kier molecular flexibility index (Phi) is 5.93. The predicted octanol–water partition coefficient (Wildman–Crippen LogP) is 2.21. The number of carbonyl (C=O) groups is 1. The Morgan fingerprint density at radius 1 is 1.15 bits per heavy atom. The summed E-state index contributed by atoms with van der Waals surface area (Å²) in [5, 5.41) is 7.46. The minimum absolute atomic E-state index is 0.169. The number of hydrogen-bond acceptors (Lipinski definition) is 8. The topological polar surface area (TPSA) is 104 Å². The first-order chi connectivity index (χ1) is 16.4. The molecule has 1 amide bonds. The average Bonchev–Trinajstić information content (AvgIpc) is 3.49. The lowest BCUT2D eigenvalue weighted by Gasteiger charge is -2.40. The molecule has 1 N–H and O–H groups in total. The molecule has 178 valence electrons. The van der Waals surface area contributed by atoms with Crippen LogP contribution < -0.4 is 14.8 Å². The summed E-state index contributed by atoms with van der Waals surface area (Å²) in [6.45, 7) is 9.98. The van der Waals surface area contributed by atoms with Crippen molar-refractivity contribution in [2.75, 3.05) is 39.6 Å². The van der Waals surface area contributed by atoms with Gasteiger partial charge in [0.15, 0.2) is 11.5 Å². The molecule has 0 unspecified atom stereocenters. The number of rotatable bonds is 6. The first-order valence-electron chi connectivity index (χ1n) is 11.3. The fraction of sp³-hybridized carbons (Fsp3) is 0.417. The van der Waals surface area contributed by atoms with Gasteiger partial charge in [0.2, 0.25) is 6.79 Å². The Labute approximate surface area is 197 Å². The number of fused-ring (bicyclic) bond motifs is 1. The number of carbonyl (C=O) groups excluding carboxylic acids is 1. The Morgan fingerprint density at radius 2 is 1.94 bits per heavy atom. The minimum atomic E-state index is -0.175. The van der Waals surface area contributed by atoms with Crippen molar-refractivity contribution in [3.05, 3.63) is 47.9 Å². The molecule has 4 heterocycles. The van der Waals surface area contributed by atoms with Crippen molar-refractivity contribution in [1.29, 1.82) is 0 Å². The van der Waals surface area contributed by atoms with Crippen molar-refractivity contribution in [3.8, 4) is 28.7 Å². The number of amides is 1. The lowest BCUT2D eigenvalue weighted by Crippen LogP contribution is -2.55. The van der Waals surface area contributed by atoms with Crippen LogP contribution >= 0.6 is 0 Å². The van der Waals surface area contributed by atoms with E-state index in [0.717, 1.165) is 24.3 Å². The van der Waals surface area contributed by atoms with Crippen LogP contribution in [-0.2, 0) is 4.74 Å². The summed E-state index contributed by atoms with van der Waals surface area (Å²) in [7, 11) is 0. The Hall–Kier alpha value is -3.50. The molecule has 0 spiro atoms. The SMILES string of the molecule is Cc1c(C(=O)NCC(C)(C)N2CCOCC2)cnn1-c1nccc(-c2ccc3c(c2)OCO3)n1. The lowest BCUT2D eigenvalue weighted by molar-refractivity contribution is -0.00923. The predicted molar refractivity (Wildman–Crippen MR) is 124 cm³/mol. The van der Waals surface area contributed by atoms with Crippen LogP contribution in [0.4, 0.5) is 0 Å². The molecule has 10 nitrogen and oxygen atoms in total. The highest BCUT2D eigenvalue weighted by Crippen LogP contribution is 2.35. The number of aromatic nitrogens is 4. The summed E-state index contributed by atoms with van der Waals surface area (Å²) in [6, 6.07) is 7.49. The Bertz CT molecular complexity index is 1200. The van der Waals surface area contributed by atoms with Gasteiger partial charge in [-0.25, -0.2) is 14.6 Å². The molecule has 0 bridgehead atoms. The normalized spacial score (nSPS) is 16.0. The van der Waals surface area contributed by atoms with Crippen LogP contribution in [0.25, 0.3) is 17.2 Å². The van der Waals surface area contributed by atoms with Crippen LogP contribution in [0.1, 0.15) is 29.9 Å². The van der Waals surface area contributed by atoms with E-state index < -0.39 is 0 Å². The maximum Gasteiger partial charge on any atom is 0.254 e. The Balaban J connectivity index is 1.32. The van der Waals surface area contributed by atoms with E-state index in [-0.39, 0.29) is 18.2 Å². The average molecular weight is 465 g/mol. The standard InChI is InChI=1S/C24H28N6O4/c1-16-18(22(31)26-14-24(2,3)29-8-10-32-11-9-29)13-27-30(16)23-25-7-6-19(28-23)17-4-5-20-21(12-17)34-15-33-20/h4-7,12-13H,8-11,14-15H2,1-3H3,(H,26,31). The molecule has 1 fully saturated rings. The third kappa shape index (κ3) is 4.34. The third-order valence-electron chi connectivity index (χ3n) is 6.30. The molecule has 2 aromatic heterocycles. The second kappa shape index (κ2) is 9.03. The molecular formula is C24H28N6O4. The third-order valence-corrected chi connectivity index (χ3v) is 6.30. The number of nitrogens with zero attached hydrogens (tertiary/aromatic N) is 5. The molecular weight excluding hydrogens is 436 g/mol. The quantitative estimate of drug-likeness (QED) is 0.592. The fourth-order valence-electron chi connectivity index (χ4n) is 4.17. The monoisotopic (exact) mass is 464 g/mol. The number of hydrogen-bond donors (Lipinski definition) is 1. The molecule has 2 aliphatic rings. The first-order valence-corrected chi connectivity index (χ1v) is 11.3. The molecule has 10 heteroatoms. The van der Waals surface area contributed by atoms with Gasteiger partial charge in [-0.1, -0.05) is 0 Å². The first kappa shape index (κ1) is 22.3. The van der Waals surface area contributed by atoms with Gasteiger partial charge in [-0.05, 0) is 45.0 Å². The molecule has 1 saturated heterocycles. The van der Waals surface area contributed by atoms with Crippen LogP contribution in [0.3, 0.4) is 0 Å². The summed E-state index contributed by atoms with van der Waals surface area (Å²) in [6.07, 6.45) is 3.23. The van der Waals surface area contributed by atoms with Gasteiger partial charge in [-0.3, -0.25) is 9.69 Å². The van der Waals surface area contributed by atoms with Crippen molar-refractivity contribution in [3.63, 3.8) is 0 Å². The van der Waals surface area contributed by atoms with E-state index in [0.29, 0.717) is 48.5 Å². The second-order valence-electron chi connectivity index (χ2n) is 8.96. The zero-order chi connectivity index (χ0) is 23.7. The van der Waals surface area contributed by atoms with Gasteiger partial charge >= 0.3 is 0 Å².